The normalized spacial score (nSPS) is 10.5. The number of hydrogen-bond donors (Lipinski definition) is 2. The van der Waals surface area contributed by atoms with E-state index in [4.69, 9.17) is 5.73 Å². The molecular weight excluding hydrogens is 284 g/mol. The number of anilines is 2. The van der Waals surface area contributed by atoms with E-state index < -0.39 is 0 Å². The van der Waals surface area contributed by atoms with Crippen molar-refractivity contribution < 1.29 is 0 Å². The first-order valence-electron chi connectivity index (χ1n) is 5.15. The fraction of sp³-hybridized carbons (Fsp3) is 0.300. The van der Waals surface area contributed by atoms with E-state index in [1.807, 2.05) is 17.8 Å². The number of aromatic nitrogens is 4. The van der Waals surface area contributed by atoms with E-state index in [1.54, 1.807) is 12.3 Å². The summed E-state index contributed by atoms with van der Waals surface area (Å²) in [6.07, 6.45) is 4.51. The Hall–Kier alpha value is -1.63. The van der Waals surface area contributed by atoms with Gasteiger partial charge in [-0.1, -0.05) is 0 Å². The fourth-order valence-corrected chi connectivity index (χ4v) is 1.84. The maximum absolute atomic E-state index is 5.61. The lowest BCUT2D eigenvalue weighted by atomic mass is 10.4. The number of nitrogens with one attached hydrogen (secondary N) is 1. The van der Waals surface area contributed by atoms with Crippen LogP contribution in [0.25, 0.3) is 0 Å². The second kappa shape index (κ2) is 5.13. The van der Waals surface area contributed by atoms with Gasteiger partial charge < -0.3 is 15.6 Å². The van der Waals surface area contributed by atoms with Crippen LogP contribution in [0.5, 0.6) is 0 Å². The molecule has 2 aromatic rings. The first-order chi connectivity index (χ1) is 8.15. The maximum Gasteiger partial charge on any atom is 0.225 e. The molecule has 6 nitrogen and oxygen atoms in total. The van der Waals surface area contributed by atoms with E-state index >= 15 is 0 Å². The number of imidazole rings is 1. The van der Waals surface area contributed by atoms with E-state index in [1.165, 1.54) is 0 Å². The van der Waals surface area contributed by atoms with Crippen molar-refractivity contribution in [2.75, 3.05) is 17.6 Å². The lowest BCUT2D eigenvalue weighted by Gasteiger charge is -2.05. The van der Waals surface area contributed by atoms with E-state index in [0.717, 1.165) is 12.2 Å². The van der Waals surface area contributed by atoms with Crippen molar-refractivity contribution in [3.8, 4) is 0 Å². The summed E-state index contributed by atoms with van der Waals surface area (Å²) in [6, 6.07) is 1.66. The molecule has 0 radical (unpaired) electrons. The van der Waals surface area contributed by atoms with Gasteiger partial charge in [0, 0.05) is 38.5 Å². The largest absolute Gasteiger partial charge is 0.383 e. The van der Waals surface area contributed by atoms with E-state index in [2.05, 4.69) is 36.2 Å². The highest BCUT2D eigenvalue weighted by molar-refractivity contribution is 9.10. The number of nitrogens with zero attached hydrogens (tertiary/aromatic N) is 4. The van der Waals surface area contributed by atoms with Gasteiger partial charge in [0.1, 0.15) is 16.2 Å². The smallest absolute Gasteiger partial charge is 0.225 e. The summed E-state index contributed by atoms with van der Waals surface area (Å²) in [7, 11) is 1.97. The quantitative estimate of drug-likeness (QED) is 0.829. The first kappa shape index (κ1) is 11.8. The third kappa shape index (κ3) is 3.16. The van der Waals surface area contributed by atoms with Crippen LogP contribution in [-0.2, 0) is 13.5 Å². The van der Waals surface area contributed by atoms with Crippen LogP contribution in [-0.4, -0.2) is 26.1 Å². The monoisotopic (exact) mass is 296 g/mol. The highest BCUT2D eigenvalue weighted by Crippen LogP contribution is 2.12. The number of nitrogens with two attached hydrogens (primary N) is 1. The fourth-order valence-electron chi connectivity index (χ4n) is 1.44. The number of rotatable bonds is 4. The lowest BCUT2D eigenvalue weighted by molar-refractivity contribution is 0.787. The molecule has 0 aromatic carbocycles. The van der Waals surface area contributed by atoms with E-state index in [9.17, 15) is 0 Å². The minimum absolute atomic E-state index is 0.436. The molecule has 0 saturated carbocycles. The van der Waals surface area contributed by atoms with Crippen molar-refractivity contribution in [3.05, 3.63) is 28.9 Å². The summed E-state index contributed by atoms with van der Waals surface area (Å²) < 4.78 is 2.65. The SMILES string of the molecule is Cn1ccnc1CCNc1nc(N)cc(Br)n1. The van der Waals surface area contributed by atoms with Gasteiger partial charge in [-0.15, -0.1) is 0 Å². The summed E-state index contributed by atoms with van der Waals surface area (Å²) in [5.41, 5.74) is 5.61. The van der Waals surface area contributed by atoms with Crippen molar-refractivity contribution >= 4 is 27.7 Å². The molecule has 0 amide bonds. The van der Waals surface area contributed by atoms with Crippen molar-refractivity contribution in [1.29, 1.82) is 0 Å². The Morgan fingerprint density at radius 3 is 2.94 bits per heavy atom. The average molecular weight is 297 g/mol. The van der Waals surface area contributed by atoms with Crippen molar-refractivity contribution in [3.63, 3.8) is 0 Å². The maximum atomic E-state index is 5.61. The van der Waals surface area contributed by atoms with Crippen molar-refractivity contribution in [1.82, 2.24) is 19.5 Å². The van der Waals surface area contributed by atoms with E-state index in [-0.39, 0.29) is 0 Å². The summed E-state index contributed by atoms with van der Waals surface area (Å²) in [6.45, 7) is 0.709. The average Bonchev–Trinajstić information content (AvgIpc) is 2.63. The van der Waals surface area contributed by atoms with Crippen LogP contribution in [0.1, 0.15) is 5.82 Å². The molecular formula is C10H13BrN6. The van der Waals surface area contributed by atoms with Crippen LogP contribution in [0.2, 0.25) is 0 Å². The Balaban J connectivity index is 1.92. The second-order valence-electron chi connectivity index (χ2n) is 3.57. The molecule has 90 valence electrons. The number of nitrogen functional groups attached to an aromatic ring is 1. The number of halogens is 1. The Bertz CT molecular complexity index is 489. The van der Waals surface area contributed by atoms with Gasteiger partial charge in [0.25, 0.3) is 0 Å². The van der Waals surface area contributed by atoms with Gasteiger partial charge >= 0.3 is 0 Å². The zero-order valence-electron chi connectivity index (χ0n) is 9.39. The van der Waals surface area contributed by atoms with Crippen LogP contribution in [0, 0.1) is 0 Å². The molecule has 2 rings (SSSR count). The highest BCUT2D eigenvalue weighted by atomic mass is 79.9. The molecule has 0 unspecified atom stereocenters. The van der Waals surface area contributed by atoms with Gasteiger partial charge in [0.05, 0.1) is 0 Å². The molecule has 2 heterocycles. The summed E-state index contributed by atoms with van der Waals surface area (Å²) in [4.78, 5) is 12.5. The lowest BCUT2D eigenvalue weighted by Crippen LogP contribution is -2.11. The predicted octanol–water partition coefficient (Wildman–Crippen LogP) is 1.21. The summed E-state index contributed by atoms with van der Waals surface area (Å²) in [5, 5.41) is 3.11. The first-order valence-corrected chi connectivity index (χ1v) is 5.94. The highest BCUT2D eigenvalue weighted by Gasteiger charge is 2.02. The Morgan fingerprint density at radius 2 is 2.29 bits per heavy atom. The molecule has 0 aliphatic carbocycles. The zero-order chi connectivity index (χ0) is 12.3. The third-order valence-corrected chi connectivity index (χ3v) is 2.67. The molecule has 0 atom stereocenters. The third-order valence-electron chi connectivity index (χ3n) is 2.27. The van der Waals surface area contributed by atoms with Gasteiger partial charge in [-0.05, 0) is 15.9 Å². The zero-order valence-corrected chi connectivity index (χ0v) is 11.0. The standard InChI is InChI=1S/C10H13BrN6/c1-17-5-4-13-9(17)2-3-14-10-15-7(11)6-8(12)16-10/h4-6H,2-3H2,1H3,(H3,12,14,15,16). The predicted molar refractivity (Wildman–Crippen MR) is 69.5 cm³/mol. The van der Waals surface area contributed by atoms with Gasteiger partial charge in [-0.25, -0.2) is 9.97 Å². The summed E-state index contributed by atoms with van der Waals surface area (Å²) in [5.74, 6) is 1.97. The van der Waals surface area contributed by atoms with Gasteiger partial charge in [0.15, 0.2) is 0 Å². The van der Waals surface area contributed by atoms with Crippen LogP contribution in [0.4, 0.5) is 11.8 Å². The topological polar surface area (TPSA) is 81.7 Å². The Kier molecular flexibility index (Phi) is 3.58. The Morgan fingerprint density at radius 1 is 1.47 bits per heavy atom. The molecule has 3 N–H and O–H groups in total. The molecule has 17 heavy (non-hydrogen) atoms. The minimum atomic E-state index is 0.436. The van der Waals surface area contributed by atoms with Crippen molar-refractivity contribution in [2.24, 2.45) is 7.05 Å². The molecule has 0 aliphatic heterocycles. The second-order valence-corrected chi connectivity index (χ2v) is 4.38. The van der Waals surface area contributed by atoms with Crippen LogP contribution in [0.15, 0.2) is 23.1 Å². The molecule has 0 bridgehead atoms. The van der Waals surface area contributed by atoms with Gasteiger partial charge in [-0.3, -0.25) is 0 Å². The van der Waals surface area contributed by atoms with E-state index in [0.29, 0.717) is 22.9 Å². The number of hydrogen-bond acceptors (Lipinski definition) is 5. The van der Waals surface area contributed by atoms with Gasteiger partial charge in [-0.2, -0.15) is 4.98 Å². The Labute approximate surface area is 107 Å². The minimum Gasteiger partial charge on any atom is -0.383 e. The summed E-state index contributed by atoms with van der Waals surface area (Å²) >= 11 is 3.27. The molecule has 7 heteroatoms. The van der Waals surface area contributed by atoms with Crippen LogP contribution >= 0.6 is 15.9 Å². The van der Waals surface area contributed by atoms with Gasteiger partial charge in [0.2, 0.25) is 5.95 Å². The van der Waals surface area contributed by atoms with Crippen molar-refractivity contribution in [2.45, 2.75) is 6.42 Å². The van der Waals surface area contributed by atoms with Crippen LogP contribution in [0.3, 0.4) is 0 Å². The van der Waals surface area contributed by atoms with Crippen LogP contribution < -0.4 is 11.1 Å². The molecule has 0 saturated heterocycles. The molecule has 0 fully saturated rings. The molecule has 2 aromatic heterocycles. The number of aryl methyl sites for hydroxylation is 1. The molecule has 0 aliphatic rings. The molecule has 0 spiro atoms.